The van der Waals surface area contributed by atoms with Gasteiger partial charge in [-0.3, -0.25) is 19.2 Å². The molecule has 0 bridgehead atoms. The van der Waals surface area contributed by atoms with Crippen LogP contribution in [0.15, 0.2) is 30.3 Å². The fourth-order valence-electron chi connectivity index (χ4n) is 7.40. The van der Waals surface area contributed by atoms with Gasteiger partial charge in [0.15, 0.2) is 0 Å². The van der Waals surface area contributed by atoms with Crippen LogP contribution in [0.2, 0.25) is 0 Å². The summed E-state index contributed by atoms with van der Waals surface area (Å²) < 4.78 is 11.8. The summed E-state index contributed by atoms with van der Waals surface area (Å²) in [7, 11) is 6.46. The van der Waals surface area contributed by atoms with E-state index in [1.807, 2.05) is 71.9 Å². The van der Waals surface area contributed by atoms with Gasteiger partial charge in [0.2, 0.25) is 23.6 Å². The molecule has 0 aromatic heterocycles. The van der Waals surface area contributed by atoms with Gasteiger partial charge >= 0.3 is 5.97 Å². The lowest BCUT2D eigenvalue weighted by Crippen LogP contribution is -2.59. The van der Waals surface area contributed by atoms with Crippen LogP contribution in [0.25, 0.3) is 0 Å². The van der Waals surface area contributed by atoms with Crippen molar-refractivity contribution in [2.24, 2.45) is 23.7 Å². The Balaban J connectivity index is 2.26. The zero-order valence-corrected chi connectivity index (χ0v) is 33.2. The quantitative estimate of drug-likeness (QED) is 0.149. The molecule has 0 spiro atoms. The molecule has 1 heterocycles. The van der Waals surface area contributed by atoms with Crippen LogP contribution in [0, 0.1) is 23.7 Å². The van der Waals surface area contributed by atoms with Gasteiger partial charge in [-0.15, -0.1) is 0 Å². The number of carbonyl (C=O) groups is 5. The van der Waals surface area contributed by atoms with Crippen molar-refractivity contribution >= 4 is 29.6 Å². The van der Waals surface area contributed by atoms with Crippen LogP contribution >= 0.6 is 0 Å². The van der Waals surface area contributed by atoms with Crippen molar-refractivity contribution in [3.63, 3.8) is 0 Å². The Morgan fingerprint density at radius 1 is 0.923 bits per heavy atom. The number of methoxy groups -OCH3 is 2. The smallest absolute Gasteiger partial charge is 0.326 e. The van der Waals surface area contributed by atoms with E-state index in [1.54, 1.807) is 30.8 Å². The third kappa shape index (κ3) is 11.7. The molecule has 4 N–H and O–H groups in total. The lowest BCUT2D eigenvalue weighted by atomic mass is 9.89. The number of ether oxygens (including phenoxy) is 2. The molecule has 294 valence electrons. The molecule has 4 amide bonds. The largest absolute Gasteiger partial charge is 0.480 e. The van der Waals surface area contributed by atoms with Gasteiger partial charge in [-0.05, 0) is 43.2 Å². The molecule has 9 atom stereocenters. The summed E-state index contributed by atoms with van der Waals surface area (Å²) in [4.78, 5) is 70.3. The van der Waals surface area contributed by atoms with Gasteiger partial charge < -0.3 is 40.3 Å². The zero-order valence-electron chi connectivity index (χ0n) is 33.2. The molecule has 0 aliphatic carbocycles. The first-order chi connectivity index (χ1) is 24.5. The van der Waals surface area contributed by atoms with Gasteiger partial charge in [0.05, 0.1) is 42.7 Å². The fourth-order valence-corrected chi connectivity index (χ4v) is 7.40. The van der Waals surface area contributed by atoms with Crippen molar-refractivity contribution in [2.45, 2.75) is 123 Å². The number of hydrogen-bond acceptors (Lipinski definition) is 8. The van der Waals surface area contributed by atoms with E-state index in [-0.39, 0.29) is 48.3 Å². The lowest BCUT2D eigenvalue weighted by Gasteiger charge is -2.41. The second-order valence-corrected chi connectivity index (χ2v) is 14.9. The summed E-state index contributed by atoms with van der Waals surface area (Å²) >= 11 is 0. The van der Waals surface area contributed by atoms with Crippen molar-refractivity contribution in [3.8, 4) is 0 Å². The number of carboxylic acids is 1. The van der Waals surface area contributed by atoms with E-state index in [9.17, 15) is 29.1 Å². The number of amides is 4. The molecule has 13 nitrogen and oxygen atoms in total. The second-order valence-electron chi connectivity index (χ2n) is 14.9. The van der Waals surface area contributed by atoms with Crippen molar-refractivity contribution < 1.29 is 38.6 Å². The summed E-state index contributed by atoms with van der Waals surface area (Å²) in [5.74, 6) is -3.27. The van der Waals surface area contributed by atoms with Gasteiger partial charge in [-0.25, -0.2) is 4.79 Å². The Morgan fingerprint density at radius 3 is 2.04 bits per heavy atom. The molecule has 13 heteroatoms. The first-order valence-electron chi connectivity index (χ1n) is 18.7. The van der Waals surface area contributed by atoms with Gasteiger partial charge in [0.1, 0.15) is 12.1 Å². The summed E-state index contributed by atoms with van der Waals surface area (Å²) in [6, 6.07) is 5.84. The highest BCUT2D eigenvalue weighted by atomic mass is 16.5. The third-order valence-electron chi connectivity index (χ3n) is 10.6. The summed E-state index contributed by atoms with van der Waals surface area (Å²) in [6.45, 7) is 13.9. The first kappa shape index (κ1) is 44.6. The molecule has 1 saturated heterocycles. The second kappa shape index (κ2) is 21.2. The SMILES string of the molecule is CC[C@H](C)[C@H]([C@@H](CC(=O)N1CCC[C@H]1[C@H](OC)[C@H](C)C(=O)N[C@@H](Cc1ccccc1)C(=O)O)OC)N(C)C(=O)[C@@H](NC(=O)[C@@H](NC)C(C)C)C(C)C. The van der Waals surface area contributed by atoms with E-state index in [0.29, 0.717) is 19.4 Å². The standard InChI is InChI=1S/C39H65N5O8/c1-12-25(6)34(43(9)38(48)33(24(4)5)42-37(47)32(40-8)23(2)3)30(51-10)22-31(45)44-20-16-19-29(44)35(52-11)26(7)36(46)41-28(39(49)50)21-27-17-14-13-15-18-27/h13-15,17-18,23-26,28-30,32-35,40H,12,16,19-22H2,1-11H3,(H,41,46)(H,42,47)(H,49,50)/t25-,26-,28-,29-,30+,32-,33-,34+,35+/m0/s1. The average Bonchev–Trinajstić information content (AvgIpc) is 3.59. The average molecular weight is 732 g/mol. The number of benzene rings is 1. The zero-order chi connectivity index (χ0) is 39.3. The van der Waals surface area contributed by atoms with Crippen LogP contribution in [0.4, 0.5) is 0 Å². The van der Waals surface area contributed by atoms with Crippen LogP contribution in [0.1, 0.15) is 79.7 Å². The van der Waals surface area contributed by atoms with Gasteiger partial charge in [0, 0.05) is 34.2 Å². The minimum Gasteiger partial charge on any atom is -0.480 e. The number of nitrogens with one attached hydrogen (secondary N) is 3. The van der Waals surface area contributed by atoms with E-state index in [4.69, 9.17) is 9.47 Å². The predicted molar refractivity (Wildman–Crippen MR) is 200 cm³/mol. The Kier molecular flexibility index (Phi) is 18.2. The maximum absolute atomic E-state index is 14.1. The molecule has 1 fully saturated rings. The van der Waals surface area contributed by atoms with E-state index in [2.05, 4.69) is 16.0 Å². The van der Waals surface area contributed by atoms with Crippen molar-refractivity contribution in [1.82, 2.24) is 25.8 Å². The molecule has 0 saturated carbocycles. The maximum atomic E-state index is 14.1. The number of carbonyl (C=O) groups excluding carboxylic acids is 4. The first-order valence-corrected chi connectivity index (χ1v) is 18.7. The molecule has 1 aliphatic heterocycles. The molecule has 52 heavy (non-hydrogen) atoms. The van der Waals surface area contributed by atoms with Crippen molar-refractivity contribution in [1.29, 1.82) is 0 Å². The van der Waals surface area contributed by atoms with Crippen LogP contribution in [-0.2, 0) is 39.9 Å². The van der Waals surface area contributed by atoms with E-state index in [1.165, 1.54) is 14.2 Å². The lowest BCUT2D eigenvalue weighted by molar-refractivity contribution is -0.148. The van der Waals surface area contributed by atoms with Crippen molar-refractivity contribution in [3.05, 3.63) is 35.9 Å². The fraction of sp³-hybridized carbons (Fsp3) is 0.718. The van der Waals surface area contributed by atoms with Gasteiger partial charge in [0.25, 0.3) is 0 Å². The van der Waals surface area contributed by atoms with Crippen LogP contribution in [-0.4, -0.2) is 122 Å². The molecular formula is C39H65N5O8. The summed E-state index contributed by atoms with van der Waals surface area (Å²) in [5.41, 5.74) is 0.785. The van der Waals surface area contributed by atoms with Gasteiger partial charge in [-0.2, -0.15) is 0 Å². The monoisotopic (exact) mass is 731 g/mol. The highest BCUT2D eigenvalue weighted by Crippen LogP contribution is 2.29. The number of hydrogen-bond donors (Lipinski definition) is 4. The Hall–Kier alpha value is -3.55. The molecule has 0 radical (unpaired) electrons. The Morgan fingerprint density at radius 2 is 1.54 bits per heavy atom. The van der Waals surface area contributed by atoms with E-state index < -0.39 is 60.2 Å². The molecule has 1 aromatic rings. The summed E-state index contributed by atoms with van der Waals surface area (Å²) in [5, 5.41) is 18.5. The minimum atomic E-state index is -1.14. The van der Waals surface area contributed by atoms with Crippen LogP contribution in [0.5, 0.6) is 0 Å². The minimum absolute atomic E-state index is 0.0112. The van der Waals surface area contributed by atoms with Gasteiger partial charge in [-0.1, -0.05) is 85.2 Å². The predicted octanol–water partition coefficient (Wildman–Crippen LogP) is 3.10. The van der Waals surface area contributed by atoms with Crippen LogP contribution in [0.3, 0.4) is 0 Å². The molecular weight excluding hydrogens is 666 g/mol. The van der Waals surface area contributed by atoms with Crippen LogP contribution < -0.4 is 16.0 Å². The number of nitrogens with zero attached hydrogens (tertiary/aromatic N) is 2. The number of aliphatic carboxylic acids is 1. The molecule has 1 aliphatic rings. The third-order valence-corrected chi connectivity index (χ3v) is 10.6. The highest BCUT2D eigenvalue weighted by molar-refractivity contribution is 5.90. The number of rotatable bonds is 21. The van der Waals surface area contributed by atoms with Crippen molar-refractivity contribution in [2.75, 3.05) is 34.9 Å². The molecule has 2 rings (SSSR count). The summed E-state index contributed by atoms with van der Waals surface area (Å²) in [6.07, 6.45) is 0.818. The van der Waals surface area contributed by atoms with E-state index >= 15 is 0 Å². The maximum Gasteiger partial charge on any atom is 0.326 e. The number of likely N-dealkylation sites (N-methyl/N-ethyl adjacent to an activating group) is 2. The number of carboxylic acid groups (broad SMARTS) is 1. The highest BCUT2D eigenvalue weighted by Gasteiger charge is 2.43. The molecule has 0 unspecified atom stereocenters. The normalized spacial score (nSPS) is 19.2. The van der Waals surface area contributed by atoms with E-state index in [0.717, 1.165) is 12.0 Å². The Bertz CT molecular complexity index is 1310. The molecule has 1 aromatic carbocycles. The Labute approximate surface area is 310 Å². The number of likely N-dealkylation sites (tertiary alicyclic amines) is 1. The topological polar surface area (TPSA) is 167 Å².